The van der Waals surface area contributed by atoms with Gasteiger partial charge in [0.2, 0.25) is 0 Å². The van der Waals surface area contributed by atoms with Crippen molar-refractivity contribution < 1.29 is 9.53 Å². The van der Waals surface area contributed by atoms with Crippen molar-refractivity contribution in [1.29, 1.82) is 0 Å². The van der Waals surface area contributed by atoms with E-state index in [-0.39, 0.29) is 17.7 Å². The summed E-state index contributed by atoms with van der Waals surface area (Å²) in [6.07, 6.45) is 0. The second-order valence-electron chi connectivity index (χ2n) is 5.21. The first-order valence-electron chi connectivity index (χ1n) is 6.85. The van der Waals surface area contributed by atoms with Crippen molar-refractivity contribution in [3.8, 4) is 5.75 Å². The van der Waals surface area contributed by atoms with Crippen LogP contribution in [0, 0.1) is 19.8 Å². The van der Waals surface area contributed by atoms with Crippen molar-refractivity contribution >= 4 is 5.78 Å². The Labute approximate surface area is 116 Å². The second-order valence-corrected chi connectivity index (χ2v) is 5.21. The Balaban J connectivity index is 3.15. The van der Waals surface area contributed by atoms with Gasteiger partial charge in [0.05, 0.1) is 13.2 Å². The van der Waals surface area contributed by atoms with Crippen LogP contribution in [0.4, 0.5) is 0 Å². The number of methoxy groups -OCH3 is 1. The molecule has 1 unspecified atom stereocenters. The van der Waals surface area contributed by atoms with Gasteiger partial charge in [0.1, 0.15) is 5.75 Å². The van der Waals surface area contributed by atoms with Gasteiger partial charge in [0.15, 0.2) is 5.78 Å². The minimum Gasteiger partial charge on any atom is -0.496 e. The van der Waals surface area contributed by atoms with E-state index >= 15 is 0 Å². The zero-order chi connectivity index (χ0) is 14.6. The van der Waals surface area contributed by atoms with Gasteiger partial charge in [-0.25, -0.2) is 0 Å². The lowest BCUT2D eigenvalue weighted by Crippen LogP contribution is -2.41. The van der Waals surface area contributed by atoms with E-state index in [4.69, 9.17) is 4.74 Å². The van der Waals surface area contributed by atoms with Gasteiger partial charge in [-0.3, -0.25) is 4.79 Å². The monoisotopic (exact) mass is 263 g/mol. The van der Waals surface area contributed by atoms with E-state index in [1.54, 1.807) is 7.11 Å². The Hall–Kier alpha value is -1.35. The Morgan fingerprint density at radius 2 is 1.89 bits per heavy atom. The fourth-order valence-corrected chi connectivity index (χ4v) is 2.30. The molecule has 3 nitrogen and oxygen atoms in total. The van der Waals surface area contributed by atoms with Crippen LogP contribution >= 0.6 is 0 Å². The molecule has 1 atom stereocenters. The number of ketones is 1. The molecule has 0 aliphatic carbocycles. The number of likely N-dealkylation sites (N-methyl/N-ethyl adjacent to an activating group) is 1. The molecular weight excluding hydrogens is 238 g/mol. The highest BCUT2D eigenvalue weighted by Gasteiger charge is 2.24. The van der Waals surface area contributed by atoms with Gasteiger partial charge in [0.25, 0.3) is 0 Å². The lowest BCUT2D eigenvalue weighted by Gasteiger charge is -2.22. The van der Waals surface area contributed by atoms with E-state index in [9.17, 15) is 4.79 Å². The summed E-state index contributed by atoms with van der Waals surface area (Å²) in [4.78, 5) is 12.6. The molecule has 0 spiro atoms. The summed E-state index contributed by atoms with van der Waals surface area (Å²) in [6.45, 7) is 10.9. The number of benzene rings is 1. The fourth-order valence-electron chi connectivity index (χ4n) is 2.30. The highest BCUT2D eigenvalue weighted by atomic mass is 16.5. The van der Waals surface area contributed by atoms with Gasteiger partial charge in [-0.15, -0.1) is 0 Å². The van der Waals surface area contributed by atoms with E-state index in [2.05, 4.69) is 19.2 Å². The molecule has 0 amide bonds. The molecule has 106 valence electrons. The molecular formula is C16H25NO2. The molecule has 1 aromatic rings. The molecule has 1 N–H and O–H groups in total. The zero-order valence-corrected chi connectivity index (χ0v) is 12.8. The predicted molar refractivity (Wildman–Crippen MR) is 79.1 cm³/mol. The average molecular weight is 263 g/mol. The molecule has 0 radical (unpaired) electrons. The summed E-state index contributed by atoms with van der Waals surface area (Å²) in [5.74, 6) is 1.27. The molecule has 0 saturated carbocycles. The first kappa shape index (κ1) is 15.7. The van der Waals surface area contributed by atoms with Gasteiger partial charge in [-0.2, -0.15) is 0 Å². The molecule has 0 fully saturated rings. The Bertz CT molecular complexity index is 452. The normalized spacial score (nSPS) is 12.6. The first-order valence-corrected chi connectivity index (χ1v) is 6.85. The number of rotatable bonds is 6. The summed E-state index contributed by atoms with van der Waals surface area (Å²) in [7, 11) is 1.65. The molecule has 0 heterocycles. The van der Waals surface area contributed by atoms with Gasteiger partial charge in [-0.1, -0.05) is 20.8 Å². The molecule has 0 aromatic heterocycles. The lowest BCUT2D eigenvalue weighted by atomic mass is 9.90. The maximum absolute atomic E-state index is 12.6. The van der Waals surface area contributed by atoms with E-state index in [0.717, 1.165) is 29.0 Å². The SMILES string of the molecule is CCNC(C(=O)c1ccc(OC)c(C)c1C)C(C)C. The molecule has 1 aromatic carbocycles. The molecule has 0 saturated heterocycles. The van der Waals surface area contributed by atoms with Gasteiger partial charge in [0, 0.05) is 5.56 Å². The largest absolute Gasteiger partial charge is 0.496 e. The van der Waals surface area contributed by atoms with Crippen molar-refractivity contribution in [2.45, 2.75) is 40.7 Å². The quantitative estimate of drug-likeness (QED) is 0.801. The highest BCUT2D eigenvalue weighted by molar-refractivity contribution is 6.02. The topological polar surface area (TPSA) is 38.3 Å². The number of nitrogens with one attached hydrogen (secondary N) is 1. The van der Waals surface area contributed by atoms with Crippen molar-refractivity contribution in [1.82, 2.24) is 5.32 Å². The third-order valence-corrected chi connectivity index (χ3v) is 3.60. The standard InChI is InChI=1S/C16H25NO2/c1-7-17-15(10(2)3)16(18)13-8-9-14(19-6)12(5)11(13)4/h8-10,15,17H,7H2,1-6H3. The predicted octanol–water partition coefficient (Wildman–Crippen LogP) is 3.13. The maximum atomic E-state index is 12.6. The van der Waals surface area contributed by atoms with Gasteiger partial charge >= 0.3 is 0 Å². The van der Waals surface area contributed by atoms with E-state index < -0.39 is 0 Å². The number of carbonyl (C=O) groups excluding carboxylic acids is 1. The molecule has 3 heteroatoms. The highest BCUT2D eigenvalue weighted by Crippen LogP contribution is 2.25. The average Bonchev–Trinajstić information content (AvgIpc) is 2.38. The molecule has 0 aliphatic heterocycles. The molecule has 19 heavy (non-hydrogen) atoms. The van der Waals surface area contributed by atoms with E-state index in [1.807, 2.05) is 32.9 Å². The van der Waals surface area contributed by atoms with Crippen molar-refractivity contribution in [3.63, 3.8) is 0 Å². The Kier molecular flexibility index (Phi) is 5.55. The smallest absolute Gasteiger partial charge is 0.180 e. The van der Waals surface area contributed by atoms with Crippen LogP contribution in [0.5, 0.6) is 5.75 Å². The number of ether oxygens (including phenoxy) is 1. The van der Waals surface area contributed by atoms with Crippen molar-refractivity contribution in [3.05, 3.63) is 28.8 Å². The Morgan fingerprint density at radius 3 is 2.37 bits per heavy atom. The van der Waals surface area contributed by atoms with Crippen LogP contribution in [0.25, 0.3) is 0 Å². The first-order chi connectivity index (χ1) is 8.93. The van der Waals surface area contributed by atoms with Crippen LogP contribution < -0.4 is 10.1 Å². The fraction of sp³-hybridized carbons (Fsp3) is 0.562. The van der Waals surface area contributed by atoms with Crippen molar-refractivity contribution in [2.24, 2.45) is 5.92 Å². The number of hydrogen-bond acceptors (Lipinski definition) is 3. The summed E-state index contributed by atoms with van der Waals surface area (Å²) >= 11 is 0. The Morgan fingerprint density at radius 1 is 1.26 bits per heavy atom. The van der Waals surface area contributed by atoms with E-state index in [0.29, 0.717) is 0 Å². The number of Topliss-reactive ketones (excluding diaryl/α,β-unsaturated/α-hetero) is 1. The number of hydrogen-bond donors (Lipinski definition) is 1. The zero-order valence-electron chi connectivity index (χ0n) is 12.8. The van der Waals surface area contributed by atoms with E-state index in [1.165, 1.54) is 0 Å². The lowest BCUT2D eigenvalue weighted by molar-refractivity contribution is 0.0917. The third kappa shape index (κ3) is 3.35. The summed E-state index contributed by atoms with van der Waals surface area (Å²) in [5, 5.41) is 3.27. The maximum Gasteiger partial charge on any atom is 0.180 e. The number of carbonyl (C=O) groups is 1. The second kappa shape index (κ2) is 6.71. The molecule has 0 aliphatic rings. The minimum absolute atomic E-state index is 0.128. The minimum atomic E-state index is -0.128. The summed E-state index contributed by atoms with van der Waals surface area (Å²) < 4.78 is 5.29. The molecule has 1 rings (SSSR count). The van der Waals surface area contributed by atoms with Gasteiger partial charge in [-0.05, 0) is 49.6 Å². The van der Waals surface area contributed by atoms with Crippen LogP contribution in [0.3, 0.4) is 0 Å². The van der Waals surface area contributed by atoms with Crippen LogP contribution in [0.2, 0.25) is 0 Å². The van der Waals surface area contributed by atoms with Crippen LogP contribution in [0.15, 0.2) is 12.1 Å². The van der Waals surface area contributed by atoms with Crippen LogP contribution in [-0.4, -0.2) is 25.5 Å². The van der Waals surface area contributed by atoms with Crippen LogP contribution in [-0.2, 0) is 0 Å². The molecule has 0 bridgehead atoms. The van der Waals surface area contributed by atoms with Gasteiger partial charge < -0.3 is 10.1 Å². The third-order valence-electron chi connectivity index (χ3n) is 3.60. The summed E-state index contributed by atoms with van der Waals surface area (Å²) in [6, 6.07) is 3.62. The van der Waals surface area contributed by atoms with Crippen LogP contribution in [0.1, 0.15) is 42.3 Å². The van der Waals surface area contributed by atoms with Crippen molar-refractivity contribution in [2.75, 3.05) is 13.7 Å². The summed E-state index contributed by atoms with van der Waals surface area (Å²) in [5.41, 5.74) is 2.83.